The Morgan fingerprint density at radius 3 is 2.11 bits per heavy atom. The molecule has 0 aliphatic rings. The number of amides is 2. The summed E-state index contributed by atoms with van der Waals surface area (Å²) in [7, 11) is 4.62. The highest BCUT2D eigenvalue weighted by Crippen LogP contribution is 2.27. The molecular weight excluding hydrogens is 360 g/mol. The Kier molecular flexibility index (Phi) is 7.68. The minimum atomic E-state index is -0.638. The minimum absolute atomic E-state index is 0.218. The Hall–Kier alpha value is -3.22. The van der Waals surface area contributed by atoms with Gasteiger partial charge in [0.25, 0.3) is 5.91 Å². The van der Waals surface area contributed by atoms with Gasteiger partial charge in [-0.05, 0) is 12.5 Å². The lowest BCUT2D eigenvalue weighted by atomic mass is 10.1. The molecule has 0 aliphatic carbocycles. The summed E-state index contributed by atoms with van der Waals surface area (Å²) in [6.07, 6.45) is 0. The van der Waals surface area contributed by atoms with E-state index in [1.54, 1.807) is 32.2 Å². The Bertz CT molecular complexity index is 772. The predicted molar refractivity (Wildman–Crippen MR) is 106 cm³/mol. The highest BCUT2D eigenvalue weighted by molar-refractivity contribution is 5.87. The maximum absolute atomic E-state index is 12.9. The Balaban J connectivity index is 2.14. The van der Waals surface area contributed by atoms with E-state index >= 15 is 0 Å². The summed E-state index contributed by atoms with van der Waals surface area (Å²) >= 11 is 0. The molecule has 0 saturated carbocycles. The van der Waals surface area contributed by atoms with Gasteiger partial charge in [-0.3, -0.25) is 9.59 Å². The molecule has 150 valence electrons. The van der Waals surface area contributed by atoms with Gasteiger partial charge in [0, 0.05) is 31.8 Å². The average molecular weight is 386 g/mol. The van der Waals surface area contributed by atoms with Gasteiger partial charge in [0.1, 0.15) is 23.3 Å². The van der Waals surface area contributed by atoms with Gasteiger partial charge in [0.2, 0.25) is 5.91 Å². The number of benzene rings is 2. The van der Waals surface area contributed by atoms with Crippen molar-refractivity contribution in [1.82, 2.24) is 10.2 Å². The van der Waals surface area contributed by atoms with Gasteiger partial charge in [-0.1, -0.05) is 30.3 Å². The number of nitrogens with zero attached hydrogens (tertiary/aromatic N) is 1. The summed E-state index contributed by atoms with van der Waals surface area (Å²) in [4.78, 5) is 26.5. The van der Waals surface area contributed by atoms with Crippen molar-refractivity contribution < 1.29 is 23.8 Å². The third-order valence-electron chi connectivity index (χ3n) is 4.30. The second kappa shape index (κ2) is 10.2. The lowest BCUT2D eigenvalue weighted by molar-refractivity contribution is -0.142. The van der Waals surface area contributed by atoms with Crippen molar-refractivity contribution in [3.63, 3.8) is 0 Å². The number of rotatable bonds is 9. The Morgan fingerprint density at radius 1 is 1.00 bits per heavy atom. The topological polar surface area (TPSA) is 77.1 Å². The largest absolute Gasteiger partial charge is 0.496 e. The van der Waals surface area contributed by atoms with Crippen LogP contribution in [0.5, 0.6) is 17.2 Å². The van der Waals surface area contributed by atoms with Gasteiger partial charge in [0.15, 0.2) is 6.61 Å². The molecule has 0 aliphatic heterocycles. The van der Waals surface area contributed by atoms with Gasteiger partial charge in [-0.25, -0.2) is 0 Å². The van der Waals surface area contributed by atoms with Crippen molar-refractivity contribution in [2.45, 2.75) is 19.5 Å². The van der Waals surface area contributed by atoms with E-state index in [9.17, 15) is 9.59 Å². The third-order valence-corrected chi connectivity index (χ3v) is 4.30. The highest BCUT2D eigenvalue weighted by atomic mass is 16.5. The molecule has 0 spiro atoms. The van der Waals surface area contributed by atoms with E-state index in [1.807, 2.05) is 30.3 Å². The smallest absolute Gasteiger partial charge is 0.261 e. The first-order valence-corrected chi connectivity index (χ1v) is 8.89. The van der Waals surface area contributed by atoms with Gasteiger partial charge >= 0.3 is 0 Å². The number of carbonyl (C=O) groups is 2. The highest BCUT2D eigenvalue weighted by Gasteiger charge is 2.25. The van der Waals surface area contributed by atoms with Crippen LogP contribution in [0.4, 0.5) is 0 Å². The zero-order chi connectivity index (χ0) is 20.5. The molecule has 0 unspecified atom stereocenters. The molecular formula is C21H26N2O5. The van der Waals surface area contributed by atoms with Crippen molar-refractivity contribution in [3.05, 3.63) is 54.1 Å². The van der Waals surface area contributed by atoms with E-state index in [0.717, 1.165) is 5.56 Å². The SMILES string of the molecule is CNC(=O)[C@@H](C)N(Cc1ccccc1)C(=O)COc1cc(OC)cc(OC)c1. The Morgan fingerprint density at radius 2 is 1.57 bits per heavy atom. The predicted octanol–water partition coefficient (Wildman–Crippen LogP) is 2.25. The second-order valence-corrected chi connectivity index (χ2v) is 6.13. The van der Waals surface area contributed by atoms with Crippen molar-refractivity contribution in [3.8, 4) is 17.2 Å². The Labute approximate surface area is 165 Å². The number of ether oxygens (including phenoxy) is 3. The van der Waals surface area contributed by atoms with Crippen LogP contribution in [0.1, 0.15) is 12.5 Å². The second-order valence-electron chi connectivity index (χ2n) is 6.13. The lowest BCUT2D eigenvalue weighted by Crippen LogP contribution is -2.48. The molecule has 0 fully saturated rings. The molecule has 7 heteroatoms. The fourth-order valence-corrected chi connectivity index (χ4v) is 2.66. The molecule has 28 heavy (non-hydrogen) atoms. The number of hydrogen-bond donors (Lipinski definition) is 1. The van der Waals surface area contributed by atoms with Crippen LogP contribution < -0.4 is 19.5 Å². The number of carbonyl (C=O) groups excluding carboxylic acids is 2. The summed E-state index contributed by atoms with van der Waals surface area (Å²) in [6, 6.07) is 13.9. The zero-order valence-electron chi connectivity index (χ0n) is 16.6. The quantitative estimate of drug-likeness (QED) is 0.715. The van der Waals surface area contributed by atoms with Crippen LogP contribution in [-0.2, 0) is 16.1 Å². The molecule has 0 saturated heterocycles. The molecule has 0 bridgehead atoms. The van der Waals surface area contributed by atoms with Crippen LogP contribution in [0.2, 0.25) is 0 Å². The van der Waals surface area contributed by atoms with Gasteiger partial charge in [-0.15, -0.1) is 0 Å². The molecule has 2 amide bonds. The van der Waals surface area contributed by atoms with E-state index in [-0.39, 0.29) is 18.4 Å². The first-order chi connectivity index (χ1) is 13.5. The first kappa shape index (κ1) is 21.1. The average Bonchev–Trinajstić information content (AvgIpc) is 2.75. The zero-order valence-corrected chi connectivity index (χ0v) is 16.6. The van der Waals surface area contributed by atoms with E-state index in [1.165, 1.54) is 19.1 Å². The molecule has 2 rings (SSSR count). The maximum Gasteiger partial charge on any atom is 0.261 e. The molecule has 1 atom stereocenters. The standard InChI is InChI=1S/C21H26N2O5/c1-15(21(25)22-2)23(13-16-8-6-5-7-9-16)20(24)14-28-19-11-17(26-3)10-18(12-19)27-4/h5-12,15H,13-14H2,1-4H3,(H,22,25)/t15-/m1/s1. The van der Waals surface area contributed by atoms with Crippen LogP contribution in [0.15, 0.2) is 48.5 Å². The molecule has 7 nitrogen and oxygen atoms in total. The summed E-state index contributed by atoms with van der Waals surface area (Å²) in [5.41, 5.74) is 0.926. The van der Waals surface area contributed by atoms with Crippen molar-refractivity contribution in [2.24, 2.45) is 0 Å². The van der Waals surface area contributed by atoms with Gasteiger partial charge in [-0.2, -0.15) is 0 Å². The van der Waals surface area contributed by atoms with Gasteiger partial charge < -0.3 is 24.4 Å². The van der Waals surface area contributed by atoms with Crippen LogP contribution in [0.3, 0.4) is 0 Å². The number of methoxy groups -OCH3 is 2. The van der Waals surface area contributed by atoms with E-state index in [4.69, 9.17) is 14.2 Å². The van der Waals surface area contributed by atoms with Crippen LogP contribution in [-0.4, -0.2) is 50.6 Å². The third kappa shape index (κ3) is 5.64. The van der Waals surface area contributed by atoms with Gasteiger partial charge in [0.05, 0.1) is 14.2 Å². The van der Waals surface area contributed by atoms with E-state index in [0.29, 0.717) is 23.8 Å². The van der Waals surface area contributed by atoms with Crippen molar-refractivity contribution in [2.75, 3.05) is 27.9 Å². The molecule has 2 aromatic carbocycles. The lowest BCUT2D eigenvalue weighted by Gasteiger charge is -2.28. The van der Waals surface area contributed by atoms with Crippen LogP contribution in [0.25, 0.3) is 0 Å². The molecule has 2 aromatic rings. The number of likely N-dealkylation sites (N-methyl/N-ethyl adjacent to an activating group) is 1. The van der Waals surface area contributed by atoms with E-state index in [2.05, 4.69) is 5.32 Å². The summed E-state index contributed by atoms with van der Waals surface area (Å²) in [5.74, 6) is 1.01. The first-order valence-electron chi connectivity index (χ1n) is 8.89. The van der Waals surface area contributed by atoms with Crippen molar-refractivity contribution in [1.29, 1.82) is 0 Å². The molecule has 0 heterocycles. The van der Waals surface area contributed by atoms with Crippen LogP contribution >= 0.6 is 0 Å². The number of hydrogen-bond acceptors (Lipinski definition) is 5. The molecule has 1 N–H and O–H groups in total. The fourth-order valence-electron chi connectivity index (χ4n) is 2.66. The minimum Gasteiger partial charge on any atom is -0.496 e. The summed E-state index contributed by atoms with van der Waals surface area (Å²) in [6.45, 7) is 1.78. The fraction of sp³-hybridized carbons (Fsp3) is 0.333. The number of nitrogens with one attached hydrogen (secondary N) is 1. The summed E-state index contributed by atoms with van der Waals surface area (Å²) < 4.78 is 16.1. The monoisotopic (exact) mass is 386 g/mol. The molecule has 0 radical (unpaired) electrons. The van der Waals surface area contributed by atoms with E-state index < -0.39 is 6.04 Å². The maximum atomic E-state index is 12.9. The normalized spacial score (nSPS) is 11.3. The van der Waals surface area contributed by atoms with Crippen molar-refractivity contribution >= 4 is 11.8 Å². The molecule has 0 aromatic heterocycles. The summed E-state index contributed by atoms with van der Waals surface area (Å²) in [5, 5.41) is 2.58. The van der Waals surface area contributed by atoms with Crippen LogP contribution in [0, 0.1) is 0 Å².